The minimum absolute atomic E-state index is 0.0180. The number of nitrogens with zero attached hydrogens (tertiary/aromatic N) is 2. The Balaban J connectivity index is 1.68. The molecule has 0 saturated heterocycles. The molecule has 0 fully saturated rings. The quantitative estimate of drug-likeness (QED) is 0.649. The van der Waals surface area contributed by atoms with Gasteiger partial charge in [-0.15, -0.1) is 11.3 Å². The van der Waals surface area contributed by atoms with Crippen LogP contribution in [-0.4, -0.2) is 15.5 Å². The minimum atomic E-state index is -0.185. The van der Waals surface area contributed by atoms with Crippen LogP contribution in [0.3, 0.4) is 0 Å². The van der Waals surface area contributed by atoms with Crippen molar-refractivity contribution in [1.29, 1.82) is 0 Å². The lowest BCUT2D eigenvalue weighted by molar-refractivity contribution is -0.116. The van der Waals surface area contributed by atoms with Crippen molar-refractivity contribution in [3.63, 3.8) is 0 Å². The predicted molar refractivity (Wildman–Crippen MR) is 124 cm³/mol. The Morgan fingerprint density at radius 3 is 2.63 bits per heavy atom. The number of hydrogen-bond acceptors (Lipinski definition) is 4. The molecule has 0 aliphatic heterocycles. The van der Waals surface area contributed by atoms with Crippen molar-refractivity contribution >= 4 is 33.1 Å². The highest BCUT2D eigenvalue weighted by Gasteiger charge is 2.24. The zero-order chi connectivity index (χ0) is 21.4. The zero-order valence-corrected chi connectivity index (χ0v) is 19.0. The van der Waals surface area contributed by atoms with E-state index in [9.17, 15) is 9.59 Å². The molecule has 1 unspecified atom stereocenters. The number of carbonyl (C=O) groups is 1. The van der Waals surface area contributed by atoms with Crippen molar-refractivity contribution in [3.8, 4) is 0 Å². The largest absolute Gasteiger partial charge is 0.324 e. The lowest BCUT2D eigenvalue weighted by atomic mass is 9.89. The summed E-state index contributed by atoms with van der Waals surface area (Å²) in [5.74, 6) is 1.05. The van der Waals surface area contributed by atoms with Gasteiger partial charge < -0.3 is 5.32 Å². The number of aromatic nitrogens is 2. The van der Waals surface area contributed by atoms with Gasteiger partial charge in [-0.05, 0) is 61.6 Å². The van der Waals surface area contributed by atoms with E-state index in [1.807, 2.05) is 25.1 Å². The van der Waals surface area contributed by atoms with Crippen LogP contribution in [0.15, 0.2) is 23.0 Å². The van der Waals surface area contributed by atoms with Gasteiger partial charge in [0.05, 0.1) is 5.39 Å². The number of rotatable bonds is 5. The van der Waals surface area contributed by atoms with E-state index in [0.717, 1.165) is 64.7 Å². The van der Waals surface area contributed by atoms with Crippen LogP contribution in [0.5, 0.6) is 0 Å². The van der Waals surface area contributed by atoms with E-state index in [4.69, 9.17) is 4.98 Å². The normalized spacial score (nSPS) is 15.9. The van der Waals surface area contributed by atoms with E-state index in [2.05, 4.69) is 26.1 Å². The maximum Gasteiger partial charge on any atom is 0.263 e. The lowest BCUT2D eigenvalue weighted by Gasteiger charge is -2.18. The number of carbonyl (C=O) groups excluding carboxylic acids is 1. The summed E-state index contributed by atoms with van der Waals surface area (Å²) in [6.07, 6.45) is 4.72. The maximum atomic E-state index is 13.3. The molecular weight excluding hydrogens is 394 g/mol. The Labute approximate surface area is 181 Å². The van der Waals surface area contributed by atoms with Gasteiger partial charge in [0.15, 0.2) is 0 Å². The van der Waals surface area contributed by atoms with Gasteiger partial charge in [-0.2, -0.15) is 0 Å². The molecular formula is C24H29N3O2S. The van der Waals surface area contributed by atoms with E-state index >= 15 is 0 Å². The Bertz CT molecular complexity index is 1150. The van der Waals surface area contributed by atoms with Crippen molar-refractivity contribution in [2.75, 3.05) is 5.32 Å². The van der Waals surface area contributed by atoms with Gasteiger partial charge in [-0.3, -0.25) is 14.2 Å². The summed E-state index contributed by atoms with van der Waals surface area (Å²) in [4.78, 5) is 33.1. The van der Waals surface area contributed by atoms with Crippen LogP contribution >= 0.6 is 11.3 Å². The SMILES string of the molecule is CCc1cccc(CC)c1NC(=O)Cn1c(C)nc2sc3c(c2c1=O)CCC(C)C3. The second-order valence-corrected chi connectivity index (χ2v) is 9.37. The molecule has 30 heavy (non-hydrogen) atoms. The molecule has 2 aromatic heterocycles. The smallest absolute Gasteiger partial charge is 0.263 e. The van der Waals surface area contributed by atoms with Crippen molar-refractivity contribution in [2.45, 2.75) is 66.3 Å². The zero-order valence-electron chi connectivity index (χ0n) is 18.2. The highest BCUT2D eigenvalue weighted by Crippen LogP contribution is 2.35. The average Bonchev–Trinajstić information content (AvgIpc) is 3.08. The first-order valence-corrected chi connectivity index (χ1v) is 11.7. The number of amides is 1. The van der Waals surface area contributed by atoms with Crippen LogP contribution in [0.25, 0.3) is 10.2 Å². The molecule has 1 aromatic carbocycles. The third kappa shape index (κ3) is 3.69. The number of benzene rings is 1. The van der Waals surface area contributed by atoms with E-state index in [1.54, 1.807) is 11.3 Å². The molecule has 3 aromatic rings. The first-order valence-electron chi connectivity index (χ1n) is 10.8. The number of aryl methyl sites for hydroxylation is 4. The van der Waals surface area contributed by atoms with Crippen molar-refractivity contribution in [2.24, 2.45) is 5.92 Å². The summed E-state index contributed by atoms with van der Waals surface area (Å²) < 4.78 is 1.53. The van der Waals surface area contributed by atoms with Gasteiger partial charge in [-0.1, -0.05) is 39.0 Å². The first-order chi connectivity index (χ1) is 14.4. The summed E-state index contributed by atoms with van der Waals surface area (Å²) in [6, 6.07) is 6.11. The highest BCUT2D eigenvalue weighted by molar-refractivity contribution is 7.18. The summed E-state index contributed by atoms with van der Waals surface area (Å²) >= 11 is 1.65. The lowest BCUT2D eigenvalue weighted by Crippen LogP contribution is -2.30. The Morgan fingerprint density at radius 2 is 1.97 bits per heavy atom. The number of anilines is 1. The van der Waals surface area contributed by atoms with E-state index in [0.29, 0.717) is 11.7 Å². The summed E-state index contributed by atoms with van der Waals surface area (Å²) in [6.45, 7) is 8.21. The van der Waals surface area contributed by atoms with Crippen LogP contribution < -0.4 is 10.9 Å². The van der Waals surface area contributed by atoms with Crippen LogP contribution in [0, 0.1) is 12.8 Å². The average molecular weight is 424 g/mol. The third-order valence-electron chi connectivity index (χ3n) is 6.17. The molecule has 1 N–H and O–H groups in total. The van der Waals surface area contributed by atoms with Gasteiger partial charge in [0, 0.05) is 10.6 Å². The molecule has 6 heteroatoms. The van der Waals surface area contributed by atoms with Crippen LogP contribution in [0.2, 0.25) is 0 Å². The fourth-order valence-corrected chi connectivity index (χ4v) is 5.86. The molecule has 0 radical (unpaired) electrons. The molecule has 0 saturated carbocycles. The molecule has 2 heterocycles. The molecule has 5 nitrogen and oxygen atoms in total. The second-order valence-electron chi connectivity index (χ2n) is 8.29. The van der Waals surface area contributed by atoms with Gasteiger partial charge in [0.25, 0.3) is 5.56 Å². The molecule has 4 rings (SSSR count). The fraction of sp³-hybridized carbons (Fsp3) is 0.458. The van der Waals surface area contributed by atoms with Crippen molar-refractivity contribution in [1.82, 2.24) is 9.55 Å². The molecule has 1 amide bonds. The first kappa shape index (κ1) is 20.8. The Kier molecular flexibility index (Phi) is 5.78. The van der Waals surface area contributed by atoms with Crippen molar-refractivity contribution in [3.05, 3.63) is 55.9 Å². The third-order valence-corrected chi connectivity index (χ3v) is 7.32. The molecule has 0 spiro atoms. The highest BCUT2D eigenvalue weighted by atomic mass is 32.1. The van der Waals surface area contributed by atoms with Gasteiger partial charge in [0.1, 0.15) is 17.2 Å². The van der Waals surface area contributed by atoms with Gasteiger partial charge in [0.2, 0.25) is 5.91 Å². The van der Waals surface area contributed by atoms with Gasteiger partial charge in [-0.25, -0.2) is 4.98 Å². The standard InChI is InChI=1S/C24H29N3O2S/c1-5-16-8-7-9-17(6-2)22(16)26-20(28)13-27-15(4)25-23-21(24(27)29)18-11-10-14(3)12-19(18)30-23/h7-9,14H,5-6,10-13H2,1-4H3,(H,26,28). The summed E-state index contributed by atoms with van der Waals surface area (Å²) in [5, 5.41) is 3.80. The molecule has 0 bridgehead atoms. The topological polar surface area (TPSA) is 64.0 Å². The Hall–Kier alpha value is -2.47. The summed E-state index contributed by atoms with van der Waals surface area (Å²) in [7, 11) is 0. The number of thiophene rings is 1. The van der Waals surface area contributed by atoms with E-state index in [1.165, 1.54) is 9.44 Å². The molecule has 1 aliphatic rings. The molecule has 158 valence electrons. The monoisotopic (exact) mass is 423 g/mol. The van der Waals surface area contributed by atoms with Crippen molar-refractivity contribution < 1.29 is 4.79 Å². The maximum absolute atomic E-state index is 13.3. The molecule has 1 atom stereocenters. The van der Waals surface area contributed by atoms with Crippen LogP contribution in [0.4, 0.5) is 5.69 Å². The molecule has 1 aliphatic carbocycles. The van der Waals surface area contributed by atoms with Crippen LogP contribution in [-0.2, 0) is 37.0 Å². The number of nitrogens with one attached hydrogen (secondary N) is 1. The predicted octanol–water partition coefficient (Wildman–Crippen LogP) is 4.65. The second kappa shape index (κ2) is 8.34. The van der Waals surface area contributed by atoms with Crippen LogP contribution in [0.1, 0.15) is 54.6 Å². The fourth-order valence-electron chi connectivity index (χ4n) is 4.44. The number of hydrogen-bond donors (Lipinski definition) is 1. The van der Waals surface area contributed by atoms with E-state index in [-0.39, 0.29) is 18.0 Å². The van der Waals surface area contributed by atoms with Gasteiger partial charge >= 0.3 is 0 Å². The Morgan fingerprint density at radius 1 is 1.27 bits per heavy atom. The number of fused-ring (bicyclic) bond motifs is 3. The summed E-state index contributed by atoms with van der Waals surface area (Å²) in [5.41, 5.74) is 4.18. The van der Waals surface area contributed by atoms with E-state index < -0.39 is 0 Å². The minimum Gasteiger partial charge on any atom is -0.324 e. The number of para-hydroxylation sites is 1.